The first-order valence-corrected chi connectivity index (χ1v) is 23.7. The summed E-state index contributed by atoms with van der Waals surface area (Å²) >= 11 is 0. The molecule has 67 heavy (non-hydrogen) atoms. The first-order chi connectivity index (χ1) is 32.0. The molecule has 2 N–H and O–H groups in total. The van der Waals surface area contributed by atoms with E-state index in [1.165, 1.54) is 6.08 Å². The lowest BCUT2D eigenvalue weighted by Gasteiger charge is -2.33. The van der Waals surface area contributed by atoms with Crippen molar-refractivity contribution in [3.63, 3.8) is 0 Å². The highest BCUT2D eigenvalue weighted by Crippen LogP contribution is 2.42. The maximum atomic E-state index is 14.0. The summed E-state index contributed by atoms with van der Waals surface area (Å²) in [5, 5.41) is 5.92. The van der Waals surface area contributed by atoms with Gasteiger partial charge in [-0.15, -0.1) is 0 Å². The van der Waals surface area contributed by atoms with Crippen molar-refractivity contribution in [2.45, 2.75) is 111 Å². The number of hydrogen-bond donors (Lipinski definition) is 2. The molecule has 14 nitrogen and oxygen atoms in total. The summed E-state index contributed by atoms with van der Waals surface area (Å²) in [4.78, 5) is 68.9. The molecule has 0 spiro atoms. The van der Waals surface area contributed by atoms with Crippen molar-refractivity contribution in [2.24, 2.45) is 17.3 Å². The van der Waals surface area contributed by atoms with Gasteiger partial charge < -0.3 is 29.1 Å². The molecule has 4 unspecified atom stereocenters. The lowest BCUT2D eigenvalue weighted by molar-refractivity contribution is -0.141. The Kier molecular flexibility index (Phi) is 18.6. The quantitative estimate of drug-likeness (QED) is 0.0730. The van der Waals surface area contributed by atoms with Crippen LogP contribution in [0.15, 0.2) is 73.4 Å². The number of likely N-dealkylation sites (tertiary alicyclic amines) is 1. The lowest BCUT2D eigenvalue weighted by atomic mass is 9.84. The molecule has 6 rings (SSSR count). The molecular formula is C53H73N7O7. The zero-order valence-corrected chi connectivity index (χ0v) is 41.3. The van der Waals surface area contributed by atoms with Crippen molar-refractivity contribution >= 4 is 41.4 Å². The number of likely N-dealkylation sites (N-methyl/N-ethyl adjacent to an activating group) is 1. The Hall–Kier alpha value is -5.70. The zero-order chi connectivity index (χ0) is 49.0. The fourth-order valence-corrected chi connectivity index (χ4v) is 9.63. The number of pyridine rings is 1. The Morgan fingerprint density at radius 3 is 2.40 bits per heavy atom. The number of aldehydes is 1. The van der Waals surface area contributed by atoms with E-state index in [2.05, 4.69) is 79.1 Å². The Morgan fingerprint density at radius 2 is 1.79 bits per heavy atom. The van der Waals surface area contributed by atoms with Gasteiger partial charge in [-0.2, -0.15) is 0 Å². The standard InChI is InChI=1S/C44H60N6O5.C9H13NO2/c1-10-49-38-19-18-33(25-35(38)36(26-44(5,6)27-55-28-51)41(49)34-17-14-20-45-39(34)30(4)54-9)32-16-13-15-31(23-32)24-37(43(53)50-22-12-11-21-46-50)47-42(52)40(29(2)3)48(7)8;1-3-9(12)10-5-8(6-11)4-7(10)2/h13-20,23,25,28-30,37,40,46H,10-12,21-22,24,26-27H2,1-9H3,(H,47,52);3,6-8H,1,4-5H2,2H3/t;7-,8?/m.0/s1. The van der Waals surface area contributed by atoms with Gasteiger partial charge in [-0.1, -0.05) is 64.6 Å². The minimum Gasteiger partial charge on any atom is -0.467 e. The number of amides is 3. The minimum atomic E-state index is -0.733. The number of ether oxygens (including phenoxy) is 2. The number of hydrazine groups is 1. The predicted molar refractivity (Wildman–Crippen MR) is 264 cm³/mol. The third-order valence-corrected chi connectivity index (χ3v) is 12.9. The molecule has 0 radical (unpaired) electrons. The van der Waals surface area contributed by atoms with Crippen LogP contribution in [0.25, 0.3) is 33.3 Å². The van der Waals surface area contributed by atoms with Crippen LogP contribution in [-0.4, -0.2) is 120 Å². The van der Waals surface area contributed by atoms with Gasteiger partial charge in [0.25, 0.3) is 12.4 Å². The molecule has 14 heteroatoms. The molecule has 5 atom stereocenters. The molecule has 2 aromatic heterocycles. The van der Waals surface area contributed by atoms with Gasteiger partial charge in [0.05, 0.1) is 30.1 Å². The Balaban J connectivity index is 0.000000608. The number of methoxy groups -OCH3 is 1. The maximum Gasteiger partial charge on any atom is 0.293 e. The molecule has 362 valence electrons. The van der Waals surface area contributed by atoms with E-state index in [0.29, 0.717) is 32.4 Å². The van der Waals surface area contributed by atoms with Crippen LogP contribution in [0, 0.1) is 17.3 Å². The van der Waals surface area contributed by atoms with Gasteiger partial charge in [-0.25, -0.2) is 5.43 Å². The molecule has 2 aromatic carbocycles. The van der Waals surface area contributed by atoms with E-state index in [9.17, 15) is 24.0 Å². The van der Waals surface area contributed by atoms with Crippen LogP contribution in [-0.2, 0) is 52.8 Å². The number of aryl methyl sites for hydroxylation is 1. The number of aromatic nitrogens is 2. The Labute approximate surface area is 397 Å². The van der Waals surface area contributed by atoms with Gasteiger partial charge in [0, 0.05) is 79.7 Å². The highest BCUT2D eigenvalue weighted by molar-refractivity contribution is 5.95. The van der Waals surface area contributed by atoms with Crippen LogP contribution < -0.4 is 10.7 Å². The second kappa shape index (κ2) is 23.8. The number of nitrogens with one attached hydrogen (secondary N) is 2. The predicted octanol–water partition coefficient (Wildman–Crippen LogP) is 7.19. The van der Waals surface area contributed by atoms with Crippen molar-refractivity contribution in [1.82, 2.24) is 35.1 Å². The molecule has 2 saturated heterocycles. The normalized spacial score (nSPS) is 17.7. The molecule has 0 aliphatic carbocycles. The average molecular weight is 920 g/mol. The summed E-state index contributed by atoms with van der Waals surface area (Å²) in [6, 6.07) is 18.0. The van der Waals surface area contributed by atoms with Crippen LogP contribution in [0.1, 0.15) is 90.7 Å². The molecule has 2 aliphatic rings. The molecule has 4 aromatic rings. The molecule has 0 bridgehead atoms. The third-order valence-electron chi connectivity index (χ3n) is 12.9. The van der Waals surface area contributed by atoms with Crippen molar-refractivity contribution < 1.29 is 33.4 Å². The maximum absolute atomic E-state index is 14.0. The lowest BCUT2D eigenvalue weighted by Crippen LogP contribution is -2.58. The number of fused-ring (bicyclic) bond motifs is 1. The van der Waals surface area contributed by atoms with E-state index in [-0.39, 0.29) is 59.8 Å². The van der Waals surface area contributed by atoms with E-state index >= 15 is 0 Å². The first kappa shape index (κ1) is 52.3. The van der Waals surface area contributed by atoms with Gasteiger partial charge in [0.1, 0.15) is 12.3 Å². The van der Waals surface area contributed by atoms with Gasteiger partial charge in [-0.3, -0.25) is 34.1 Å². The first-order valence-electron chi connectivity index (χ1n) is 23.7. The van der Waals surface area contributed by atoms with Crippen molar-refractivity contribution in [1.29, 1.82) is 0 Å². The summed E-state index contributed by atoms with van der Waals surface area (Å²) in [5.74, 6) is -0.270. The number of carbonyl (C=O) groups excluding carboxylic acids is 5. The van der Waals surface area contributed by atoms with Crippen molar-refractivity contribution in [2.75, 3.05) is 47.4 Å². The largest absolute Gasteiger partial charge is 0.467 e. The number of carbonyl (C=O) groups is 5. The topological polar surface area (TPSA) is 155 Å². The Bertz CT molecular complexity index is 2340. The minimum absolute atomic E-state index is 0.0175. The SMILES string of the molecule is C=CC(=O)N1CC(C=O)C[C@@H]1C.CCn1c(-c2cccnc2C(C)OC)c(CC(C)(C)COC=O)c2cc(-c3cccc(CC(NC(=O)C(C(C)C)N(C)C)C(=O)N4CCCCN4)c3)ccc21. The summed E-state index contributed by atoms with van der Waals surface area (Å²) in [7, 11) is 5.49. The number of benzene rings is 2. The molecule has 2 fully saturated rings. The smallest absolute Gasteiger partial charge is 0.293 e. The second-order valence-electron chi connectivity index (χ2n) is 19.3. The highest BCUT2D eigenvalue weighted by Gasteiger charge is 2.33. The fraction of sp³-hybridized carbons (Fsp3) is 0.509. The molecule has 2 aliphatic heterocycles. The Morgan fingerprint density at radius 1 is 1.04 bits per heavy atom. The van der Waals surface area contributed by atoms with Gasteiger partial charge >= 0.3 is 0 Å². The summed E-state index contributed by atoms with van der Waals surface area (Å²) < 4.78 is 13.4. The number of nitrogens with zero attached hydrogens (tertiary/aromatic N) is 5. The average Bonchev–Trinajstić information content (AvgIpc) is 3.85. The van der Waals surface area contributed by atoms with Crippen LogP contribution >= 0.6 is 0 Å². The zero-order valence-electron chi connectivity index (χ0n) is 41.3. The fourth-order valence-electron chi connectivity index (χ4n) is 9.63. The van der Waals surface area contributed by atoms with Crippen molar-refractivity contribution in [3.8, 4) is 22.4 Å². The molecule has 4 heterocycles. The van der Waals surface area contributed by atoms with Gasteiger partial charge in [-0.05, 0) is 119 Å². The highest BCUT2D eigenvalue weighted by atomic mass is 16.5. The van der Waals surface area contributed by atoms with Crippen LogP contribution in [0.4, 0.5) is 0 Å². The van der Waals surface area contributed by atoms with E-state index in [1.807, 2.05) is 64.9 Å². The summed E-state index contributed by atoms with van der Waals surface area (Å²) in [6.07, 6.45) is 7.51. The van der Waals surface area contributed by atoms with E-state index < -0.39 is 6.04 Å². The summed E-state index contributed by atoms with van der Waals surface area (Å²) in [6.45, 7) is 21.2. The molecule has 3 amide bonds. The van der Waals surface area contributed by atoms with Gasteiger partial charge in [0.15, 0.2) is 0 Å². The van der Waals surface area contributed by atoms with Crippen molar-refractivity contribution in [3.05, 3.63) is 90.3 Å². The number of rotatable bonds is 19. The molecular weight excluding hydrogens is 847 g/mol. The monoisotopic (exact) mass is 920 g/mol. The van der Waals surface area contributed by atoms with E-state index in [1.54, 1.807) is 23.2 Å². The van der Waals surface area contributed by atoms with Gasteiger partial charge in [0.2, 0.25) is 11.8 Å². The van der Waals surface area contributed by atoms with Crippen LogP contribution in [0.5, 0.6) is 0 Å². The van der Waals surface area contributed by atoms with Crippen LogP contribution in [0.2, 0.25) is 0 Å². The van der Waals surface area contributed by atoms with Crippen LogP contribution in [0.3, 0.4) is 0 Å². The second-order valence-corrected chi connectivity index (χ2v) is 19.3. The number of hydrogen-bond acceptors (Lipinski definition) is 10. The molecule has 0 saturated carbocycles. The van der Waals surface area contributed by atoms with E-state index in [0.717, 1.165) is 88.7 Å². The summed E-state index contributed by atoms with van der Waals surface area (Å²) in [5.41, 5.74) is 11.1. The third kappa shape index (κ3) is 12.8. The van der Waals surface area contributed by atoms with E-state index in [4.69, 9.17) is 14.5 Å².